The summed E-state index contributed by atoms with van der Waals surface area (Å²) in [6.45, 7) is 8.95. The number of aliphatic hydroxyl groups excluding tert-OH is 3. The highest BCUT2D eigenvalue weighted by atomic mass is 16.3. The summed E-state index contributed by atoms with van der Waals surface area (Å²) < 4.78 is 0. The quantitative estimate of drug-likeness (QED) is 0.574. The van der Waals surface area contributed by atoms with Gasteiger partial charge in [-0.25, -0.2) is 0 Å². The van der Waals surface area contributed by atoms with Crippen molar-refractivity contribution in [2.75, 3.05) is 6.61 Å². The molecule has 1 fully saturated rings. The predicted octanol–water partition coefficient (Wildman–Crippen LogP) is 2.18. The fraction of sp³-hybridized carbons (Fsp3) is 0.650. The van der Waals surface area contributed by atoms with Gasteiger partial charge in [0.15, 0.2) is 5.76 Å². The maximum Gasteiger partial charge on any atom is 0.225 e. The molecule has 5 atom stereocenters. The number of hydrogen-bond acceptors (Lipinski definition) is 5. The minimum Gasteiger partial charge on any atom is -0.504 e. The molecule has 0 bridgehead atoms. The number of Topliss-reactive ketones (excluding diaryl/α,β-unsaturated/α-hetero) is 1. The molecule has 0 unspecified atom stereocenters. The summed E-state index contributed by atoms with van der Waals surface area (Å²) in [6, 6.07) is 0. The van der Waals surface area contributed by atoms with Crippen molar-refractivity contribution >= 4 is 5.78 Å². The molecule has 0 aromatic heterocycles. The Morgan fingerprint density at radius 3 is 2.48 bits per heavy atom. The van der Waals surface area contributed by atoms with Crippen LogP contribution in [0.5, 0.6) is 0 Å². The molecule has 0 radical (unpaired) electrons. The van der Waals surface area contributed by atoms with Crippen molar-refractivity contribution in [1.82, 2.24) is 0 Å². The van der Waals surface area contributed by atoms with Gasteiger partial charge in [0, 0.05) is 16.4 Å². The lowest BCUT2D eigenvalue weighted by molar-refractivity contribution is -0.151. The molecule has 4 N–H and O–H groups in total. The van der Waals surface area contributed by atoms with Crippen LogP contribution in [0, 0.1) is 16.2 Å². The second-order valence-corrected chi connectivity index (χ2v) is 8.66. The minimum atomic E-state index is -1.58. The van der Waals surface area contributed by atoms with Gasteiger partial charge in [-0.2, -0.15) is 0 Å². The Morgan fingerprint density at radius 2 is 1.92 bits per heavy atom. The molecule has 0 amide bonds. The van der Waals surface area contributed by atoms with Gasteiger partial charge in [-0.3, -0.25) is 4.79 Å². The number of carbonyl (C=O) groups excluding carboxylic acids is 1. The van der Waals surface area contributed by atoms with E-state index in [4.69, 9.17) is 0 Å². The van der Waals surface area contributed by atoms with E-state index in [9.17, 15) is 25.2 Å². The first-order valence-corrected chi connectivity index (χ1v) is 8.86. The first kappa shape index (κ1) is 18.4. The topological polar surface area (TPSA) is 98.0 Å². The first-order valence-electron chi connectivity index (χ1n) is 8.86. The Balaban J connectivity index is 2.34. The fourth-order valence-corrected chi connectivity index (χ4v) is 5.14. The van der Waals surface area contributed by atoms with Gasteiger partial charge in [-0.15, -0.1) is 6.58 Å². The molecule has 138 valence electrons. The maximum absolute atomic E-state index is 12.9. The Labute approximate surface area is 148 Å². The van der Waals surface area contributed by atoms with Crippen LogP contribution in [0.3, 0.4) is 0 Å². The van der Waals surface area contributed by atoms with E-state index in [2.05, 4.69) is 6.58 Å². The molecule has 5 heteroatoms. The van der Waals surface area contributed by atoms with Crippen molar-refractivity contribution in [3.63, 3.8) is 0 Å². The third-order valence-corrected chi connectivity index (χ3v) is 7.07. The van der Waals surface area contributed by atoms with Gasteiger partial charge in [-0.1, -0.05) is 32.9 Å². The lowest BCUT2D eigenvalue weighted by Crippen LogP contribution is -2.65. The fourth-order valence-electron chi connectivity index (χ4n) is 5.14. The van der Waals surface area contributed by atoms with Crippen LogP contribution in [0.25, 0.3) is 0 Å². The highest BCUT2D eigenvalue weighted by Gasteiger charge is 2.67. The third kappa shape index (κ3) is 2.09. The third-order valence-electron chi connectivity index (χ3n) is 7.07. The summed E-state index contributed by atoms with van der Waals surface area (Å²) in [5, 5.41) is 43.2. The van der Waals surface area contributed by atoms with E-state index < -0.39 is 39.5 Å². The summed E-state index contributed by atoms with van der Waals surface area (Å²) in [7, 11) is 0. The average molecular weight is 348 g/mol. The van der Waals surface area contributed by atoms with Gasteiger partial charge in [0.1, 0.15) is 5.60 Å². The largest absolute Gasteiger partial charge is 0.504 e. The molecule has 0 heterocycles. The van der Waals surface area contributed by atoms with E-state index in [0.717, 1.165) is 0 Å². The standard InChI is InChI=1S/C20H28O5/c1-5-17(2)8-9-20(25)12(10-17)14(23)15(24)16-18(3,11-21)7-6-13(22)19(16,20)4/h5,10,13,21-22,24-25H,1,6-9,11H2,2-4H3/t13-,17+,18-,19+,20-/m1/s1. The zero-order valence-corrected chi connectivity index (χ0v) is 15.2. The van der Waals surface area contributed by atoms with Crippen molar-refractivity contribution in [3.8, 4) is 0 Å². The number of aliphatic hydroxyl groups is 4. The second kappa shape index (κ2) is 5.29. The van der Waals surface area contributed by atoms with Crippen LogP contribution in [0.2, 0.25) is 0 Å². The molecule has 3 aliphatic rings. The number of allylic oxidation sites excluding steroid dienone is 3. The van der Waals surface area contributed by atoms with Crippen molar-refractivity contribution in [1.29, 1.82) is 0 Å². The molecule has 0 aliphatic heterocycles. The number of hydrogen-bond donors (Lipinski definition) is 4. The Hall–Kier alpha value is -1.43. The molecule has 0 spiro atoms. The molecule has 3 rings (SSSR count). The molecule has 0 aromatic rings. The number of carbonyl (C=O) groups is 1. The second-order valence-electron chi connectivity index (χ2n) is 8.66. The lowest BCUT2D eigenvalue weighted by atomic mass is 9.46. The minimum absolute atomic E-state index is 0.131. The molecule has 0 aromatic carbocycles. The van der Waals surface area contributed by atoms with Gasteiger partial charge in [-0.05, 0) is 31.3 Å². The summed E-state index contributed by atoms with van der Waals surface area (Å²) >= 11 is 0. The van der Waals surface area contributed by atoms with E-state index >= 15 is 0 Å². The Morgan fingerprint density at radius 1 is 1.28 bits per heavy atom. The zero-order chi connectivity index (χ0) is 18.8. The van der Waals surface area contributed by atoms with Gasteiger partial charge in [0.05, 0.1) is 18.1 Å². The smallest absolute Gasteiger partial charge is 0.225 e. The molecular weight excluding hydrogens is 320 g/mol. The molecule has 25 heavy (non-hydrogen) atoms. The van der Waals surface area contributed by atoms with Gasteiger partial charge in [0.25, 0.3) is 0 Å². The van der Waals surface area contributed by atoms with Crippen LogP contribution in [0.1, 0.15) is 46.5 Å². The average Bonchev–Trinajstić information content (AvgIpc) is 2.59. The lowest BCUT2D eigenvalue weighted by Gasteiger charge is -2.60. The highest BCUT2D eigenvalue weighted by molar-refractivity contribution is 6.10. The summed E-state index contributed by atoms with van der Waals surface area (Å²) in [6.07, 6.45) is 4.18. The van der Waals surface area contributed by atoms with E-state index in [1.54, 1.807) is 26.0 Å². The van der Waals surface area contributed by atoms with E-state index in [1.165, 1.54) is 0 Å². The Bertz CT molecular complexity index is 707. The first-order chi connectivity index (χ1) is 11.5. The van der Waals surface area contributed by atoms with Crippen LogP contribution in [0.15, 0.2) is 35.6 Å². The molecule has 1 saturated carbocycles. The molecule has 3 aliphatic carbocycles. The van der Waals surface area contributed by atoms with E-state index in [1.807, 2.05) is 6.92 Å². The van der Waals surface area contributed by atoms with Crippen molar-refractivity contribution in [3.05, 3.63) is 35.6 Å². The molecular formula is C20H28O5. The maximum atomic E-state index is 12.9. The number of fused-ring (bicyclic) bond motifs is 3. The van der Waals surface area contributed by atoms with E-state index in [0.29, 0.717) is 19.3 Å². The molecule has 0 saturated heterocycles. The van der Waals surface area contributed by atoms with Crippen LogP contribution < -0.4 is 0 Å². The van der Waals surface area contributed by atoms with E-state index in [-0.39, 0.29) is 24.2 Å². The summed E-state index contributed by atoms with van der Waals surface area (Å²) in [5.74, 6) is -1.06. The summed E-state index contributed by atoms with van der Waals surface area (Å²) in [4.78, 5) is 12.9. The van der Waals surface area contributed by atoms with Crippen LogP contribution in [-0.2, 0) is 4.79 Å². The van der Waals surface area contributed by atoms with Gasteiger partial charge >= 0.3 is 0 Å². The molecule has 5 nitrogen and oxygen atoms in total. The van der Waals surface area contributed by atoms with Crippen molar-refractivity contribution in [2.24, 2.45) is 16.2 Å². The highest BCUT2D eigenvalue weighted by Crippen LogP contribution is 2.63. The predicted molar refractivity (Wildman–Crippen MR) is 93.8 cm³/mol. The SMILES string of the molecule is C=C[C@]1(C)C=C2C(=O)C(O)=C3[C@@](C)(CO)CC[C@@H](O)[C@]3(C)[C@@]2(O)CC1. The Kier molecular flexibility index (Phi) is 3.88. The van der Waals surface area contributed by atoms with Crippen LogP contribution >= 0.6 is 0 Å². The van der Waals surface area contributed by atoms with Gasteiger partial charge in [0.2, 0.25) is 5.78 Å². The number of ketones is 1. The normalized spacial score (nSPS) is 47.0. The zero-order valence-electron chi connectivity index (χ0n) is 15.2. The summed E-state index contributed by atoms with van der Waals surface area (Å²) in [5.41, 5.74) is -3.70. The number of rotatable bonds is 2. The van der Waals surface area contributed by atoms with Crippen LogP contribution in [0.4, 0.5) is 0 Å². The monoisotopic (exact) mass is 348 g/mol. The van der Waals surface area contributed by atoms with Gasteiger partial charge < -0.3 is 20.4 Å². The van der Waals surface area contributed by atoms with Crippen molar-refractivity contribution in [2.45, 2.75) is 58.2 Å². The van der Waals surface area contributed by atoms with Crippen LogP contribution in [-0.4, -0.2) is 44.5 Å². The van der Waals surface area contributed by atoms with Crippen molar-refractivity contribution < 1.29 is 25.2 Å².